The molecule has 0 aliphatic heterocycles. The summed E-state index contributed by atoms with van der Waals surface area (Å²) < 4.78 is 0. The van der Waals surface area contributed by atoms with Gasteiger partial charge in [0.15, 0.2) is 0 Å². The summed E-state index contributed by atoms with van der Waals surface area (Å²) in [5.74, 6) is 0.0824. The fraction of sp³-hybridized carbons (Fsp3) is 0.316. The molecule has 116 valence electrons. The molecule has 1 amide bonds. The Balaban J connectivity index is 2.07. The molecule has 0 aliphatic rings. The van der Waals surface area contributed by atoms with E-state index in [0.717, 1.165) is 23.4 Å². The van der Waals surface area contributed by atoms with E-state index in [4.69, 9.17) is 0 Å². The number of nitrogens with zero attached hydrogens (tertiary/aromatic N) is 1. The summed E-state index contributed by atoms with van der Waals surface area (Å²) in [6.07, 6.45) is 0.951. The van der Waals surface area contributed by atoms with Crippen molar-refractivity contribution < 1.29 is 4.79 Å². The molecule has 0 unspecified atom stereocenters. The number of carbonyl (C=O) groups excluding carboxylic acids is 1. The summed E-state index contributed by atoms with van der Waals surface area (Å²) in [7, 11) is 0. The zero-order chi connectivity index (χ0) is 15.9. The highest BCUT2D eigenvalue weighted by molar-refractivity contribution is 5.96. The molecule has 0 radical (unpaired) electrons. The van der Waals surface area contributed by atoms with Gasteiger partial charge < -0.3 is 10.2 Å². The van der Waals surface area contributed by atoms with Gasteiger partial charge in [0.2, 0.25) is 5.91 Å². The molecule has 0 fully saturated rings. The van der Waals surface area contributed by atoms with E-state index in [1.807, 2.05) is 61.2 Å². The normalized spacial score (nSPS) is 10.3. The number of benzene rings is 2. The zero-order valence-corrected chi connectivity index (χ0v) is 13.6. The third-order valence-corrected chi connectivity index (χ3v) is 3.76. The largest absolute Gasteiger partial charge is 0.376 e. The second-order valence-electron chi connectivity index (χ2n) is 5.34. The average Bonchev–Trinajstić information content (AvgIpc) is 2.54. The standard InChI is InChI=1S/C19H24N2O/c1-4-16-10-6-7-12-18(16)20-14-19(22)21(5-2)17-11-8-9-15(3)13-17/h6-13,20H,4-5,14H2,1-3H3. The second kappa shape index (κ2) is 7.64. The molecule has 0 saturated heterocycles. The highest BCUT2D eigenvalue weighted by Gasteiger charge is 2.14. The van der Waals surface area contributed by atoms with Gasteiger partial charge in [-0.05, 0) is 49.6 Å². The third-order valence-electron chi connectivity index (χ3n) is 3.76. The Labute approximate surface area is 133 Å². The van der Waals surface area contributed by atoms with Crippen LogP contribution in [0, 0.1) is 6.92 Å². The van der Waals surface area contributed by atoms with Gasteiger partial charge in [0.1, 0.15) is 0 Å². The number of aryl methyl sites for hydroxylation is 2. The molecule has 0 heterocycles. The number of amides is 1. The molecule has 2 rings (SSSR count). The Hall–Kier alpha value is -2.29. The number of para-hydroxylation sites is 1. The molecule has 0 spiro atoms. The van der Waals surface area contributed by atoms with Crippen molar-refractivity contribution in [1.82, 2.24) is 0 Å². The van der Waals surface area contributed by atoms with Gasteiger partial charge in [-0.1, -0.05) is 37.3 Å². The van der Waals surface area contributed by atoms with Crippen molar-refractivity contribution in [2.75, 3.05) is 23.3 Å². The quantitative estimate of drug-likeness (QED) is 0.873. The van der Waals surface area contributed by atoms with E-state index in [2.05, 4.69) is 18.3 Å². The van der Waals surface area contributed by atoms with Crippen LogP contribution in [0.15, 0.2) is 48.5 Å². The molecular formula is C19H24N2O. The highest BCUT2D eigenvalue weighted by Crippen LogP contribution is 2.18. The first-order valence-corrected chi connectivity index (χ1v) is 7.84. The first kappa shape index (κ1) is 16.1. The fourth-order valence-corrected chi connectivity index (χ4v) is 2.57. The Morgan fingerprint density at radius 2 is 1.86 bits per heavy atom. The van der Waals surface area contributed by atoms with Crippen LogP contribution in [0.3, 0.4) is 0 Å². The molecule has 0 aromatic heterocycles. The summed E-state index contributed by atoms with van der Waals surface area (Å²) in [5, 5.41) is 3.27. The lowest BCUT2D eigenvalue weighted by molar-refractivity contribution is -0.116. The Morgan fingerprint density at radius 1 is 1.09 bits per heavy atom. The van der Waals surface area contributed by atoms with Crippen LogP contribution in [0.25, 0.3) is 0 Å². The van der Waals surface area contributed by atoms with Crippen LogP contribution in [0.4, 0.5) is 11.4 Å². The predicted molar refractivity (Wildman–Crippen MR) is 93.5 cm³/mol. The Kier molecular flexibility index (Phi) is 5.59. The molecule has 3 heteroatoms. The first-order chi connectivity index (χ1) is 10.7. The van der Waals surface area contributed by atoms with E-state index in [1.165, 1.54) is 5.56 Å². The Bertz CT molecular complexity index is 637. The molecular weight excluding hydrogens is 272 g/mol. The molecule has 0 aliphatic carbocycles. The third kappa shape index (κ3) is 3.88. The molecule has 1 N–H and O–H groups in total. The number of hydrogen-bond donors (Lipinski definition) is 1. The molecule has 22 heavy (non-hydrogen) atoms. The van der Waals surface area contributed by atoms with Crippen LogP contribution >= 0.6 is 0 Å². The maximum Gasteiger partial charge on any atom is 0.246 e. The van der Waals surface area contributed by atoms with Crippen LogP contribution in [0.1, 0.15) is 25.0 Å². The Morgan fingerprint density at radius 3 is 2.55 bits per heavy atom. The van der Waals surface area contributed by atoms with E-state index < -0.39 is 0 Å². The monoisotopic (exact) mass is 296 g/mol. The van der Waals surface area contributed by atoms with Gasteiger partial charge >= 0.3 is 0 Å². The van der Waals surface area contributed by atoms with Gasteiger partial charge in [0.05, 0.1) is 6.54 Å². The van der Waals surface area contributed by atoms with E-state index in [1.54, 1.807) is 0 Å². The van der Waals surface area contributed by atoms with Crippen molar-refractivity contribution in [1.29, 1.82) is 0 Å². The van der Waals surface area contributed by atoms with Gasteiger partial charge in [-0.15, -0.1) is 0 Å². The van der Waals surface area contributed by atoms with E-state index in [9.17, 15) is 4.79 Å². The lowest BCUT2D eigenvalue weighted by atomic mass is 10.1. The van der Waals surface area contributed by atoms with Crippen molar-refractivity contribution in [3.63, 3.8) is 0 Å². The van der Waals surface area contributed by atoms with Gasteiger partial charge in [-0.25, -0.2) is 0 Å². The number of anilines is 2. The predicted octanol–water partition coefficient (Wildman–Crippen LogP) is 4.02. The van der Waals surface area contributed by atoms with E-state index >= 15 is 0 Å². The van der Waals surface area contributed by atoms with Crippen molar-refractivity contribution in [3.05, 3.63) is 59.7 Å². The van der Waals surface area contributed by atoms with Gasteiger partial charge in [0, 0.05) is 17.9 Å². The number of nitrogens with one attached hydrogen (secondary N) is 1. The zero-order valence-electron chi connectivity index (χ0n) is 13.6. The summed E-state index contributed by atoms with van der Waals surface area (Å²) in [4.78, 5) is 14.3. The summed E-state index contributed by atoms with van der Waals surface area (Å²) in [5.41, 5.74) is 4.39. The minimum atomic E-state index is 0.0824. The topological polar surface area (TPSA) is 32.3 Å². The second-order valence-corrected chi connectivity index (χ2v) is 5.34. The smallest absolute Gasteiger partial charge is 0.246 e. The molecule has 2 aromatic rings. The first-order valence-electron chi connectivity index (χ1n) is 7.84. The van der Waals surface area contributed by atoms with E-state index in [-0.39, 0.29) is 5.91 Å². The minimum Gasteiger partial charge on any atom is -0.376 e. The van der Waals surface area contributed by atoms with E-state index in [0.29, 0.717) is 13.1 Å². The van der Waals surface area contributed by atoms with Gasteiger partial charge in [-0.3, -0.25) is 4.79 Å². The lowest BCUT2D eigenvalue weighted by Crippen LogP contribution is -2.35. The number of rotatable bonds is 6. The number of hydrogen-bond acceptors (Lipinski definition) is 2. The molecule has 0 saturated carbocycles. The van der Waals surface area contributed by atoms with Crippen molar-refractivity contribution >= 4 is 17.3 Å². The van der Waals surface area contributed by atoms with Crippen molar-refractivity contribution in [2.45, 2.75) is 27.2 Å². The van der Waals surface area contributed by atoms with Crippen LogP contribution in [-0.2, 0) is 11.2 Å². The minimum absolute atomic E-state index is 0.0824. The van der Waals surface area contributed by atoms with Gasteiger partial charge in [-0.2, -0.15) is 0 Å². The fourth-order valence-electron chi connectivity index (χ4n) is 2.57. The summed E-state index contributed by atoms with van der Waals surface area (Å²) in [6, 6.07) is 16.2. The molecule has 0 atom stereocenters. The maximum absolute atomic E-state index is 12.5. The van der Waals surface area contributed by atoms with Crippen LogP contribution in [-0.4, -0.2) is 19.0 Å². The van der Waals surface area contributed by atoms with Gasteiger partial charge in [0.25, 0.3) is 0 Å². The summed E-state index contributed by atoms with van der Waals surface area (Å²) >= 11 is 0. The van der Waals surface area contributed by atoms with Crippen LogP contribution in [0.2, 0.25) is 0 Å². The van der Waals surface area contributed by atoms with Crippen LogP contribution < -0.4 is 10.2 Å². The average molecular weight is 296 g/mol. The lowest BCUT2D eigenvalue weighted by Gasteiger charge is -2.22. The van der Waals surface area contributed by atoms with Crippen molar-refractivity contribution in [2.24, 2.45) is 0 Å². The van der Waals surface area contributed by atoms with Crippen LogP contribution in [0.5, 0.6) is 0 Å². The SMILES string of the molecule is CCc1ccccc1NCC(=O)N(CC)c1cccc(C)c1. The number of likely N-dealkylation sites (N-methyl/N-ethyl adjacent to an activating group) is 1. The number of carbonyl (C=O) groups is 1. The summed E-state index contributed by atoms with van der Waals surface area (Å²) in [6.45, 7) is 7.13. The maximum atomic E-state index is 12.5. The highest BCUT2D eigenvalue weighted by atomic mass is 16.2. The molecule has 0 bridgehead atoms. The molecule has 2 aromatic carbocycles. The molecule has 3 nitrogen and oxygen atoms in total. The van der Waals surface area contributed by atoms with Crippen molar-refractivity contribution in [3.8, 4) is 0 Å².